The lowest BCUT2D eigenvalue weighted by Gasteiger charge is -2.24. The van der Waals surface area contributed by atoms with Gasteiger partial charge in [-0.05, 0) is 36.8 Å². The molecular formula is C22H19Cl2N3O3S. The molecule has 0 spiro atoms. The Balaban J connectivity index is 1.87. The zero-order chi connectivity index (χ0) is 22.4. The van der Waals surface area contributed by atoms with Crippen LogP contribution < -0.4 is 9.73 Å². The quantitative estimate of drug-likeness (QED) is 0.399. The molecule has 3 aromatic rings. The van der Waals surface area contributed by atoms with Gasteiger partial charge in [0.1, 0.15) is 6.54 Å². The van der Waals surface area contributed by atoms with Crippen molar-refractivity contribution in [3.05, 3.63) is 94.0 Å². The van der Waals surface area contributed by atoms with Crippen molar-refractivity contribution < 1.29 is 13.2 Å². The normalized spacial score (nSPS) is 11.5. The van der Waals surface area contributed by atoms with Gasteiger partial charge >= 0.3 is 0 Å². The molecule has 0 aromatic heterocycles. The first-order valence-electron chi connectivity index (χ1n) is 9.19. The Hall–Kier alpha value is -2.87. The fourth-order valence-corrected chi connectivity index (χ4v) is 4.60. The number of aryl methyl sites for hydroxylation is 1. The summed E-state index contributed by atoms with van der Waals surface area (Å²) in [5.74, 6) is -0.640. The van der Waals surface area contributed by atoms with Crippen LogP contribution in [0.4, 0.5) is 5.69 Å². The summed E-state index contributed by atoms with van der Waals surface area (Å²) in [7, 11) is -4.09. The van der Waals surface area contributed by atoms with E-state index in [0.29, 0.717) is 0 Å². The smallest absolute Gasteiger partial charge is 0.264 e. The maximum atomic E-state index is 13.3. The summed E-state index contributed by atoms with van der Waals surface area (Å²) in [6.07, 6.45) is 1.47. The summed E-state index contributed by atoms with van der Waals surface area (Å²) in [6, 6.07) is 19.9. The molecule has 0 unspecified atom stereocenters. The van der Waals surface area contributed by atoms with Gasteiger partial charge in [-0.15, -0.1) is 0 Å². The Labute approximate surface area is 191 Å². The molecule has 0 aliphatic carbocycles. The number of halogens is 2. The number of hydrogen-bond acceptors (Lipinski definition) is 4. The number of carbonyl (C=O) groups is 1. The number of hydrazone groups is 1. The first-order valence-corrected chi connectivity index (χ1v) is 11.4. The van der Waals surface area contributed by atoms with Crippen molar-refractivity contribution in [2.75, 3.05) is 10.8 Å². The van der Waals surface area contributed by atoms with E-state index in [1.807, 2.05) is 31.2 Å². The lowest BCUT2D eigenvalue weighted by Crippen LogP contribution is -2.39. The zero-order valence-corrected chi connectivity index (χ0v) is 18.8. The van der Waals surface area contributed by atoms with Gasteiger partial charge in [-0.1, -0.05) is 77.3 Å². The summed E-state index contributed by atoms with van der Waals surface area (Å²) < 4.78 is 27.4. The van der Waals surface area contributed by atoms with E-state index < -0.39 is 22.5 Å². The molecule has 0 fully saturated rings. The van der Waals surface area contributed by atoms with Crippen LogP contribution >= 0.6 is 23.2 Å². The van der Waals surface area contributed by atoms with Gasteiger partial charge in [0.05, 0.1) is 26.8 Å². The molecule has 0 radical (unpaired) electrons. The number of benzene rings is 3. The molecule has 1 amide bonds. The first kappa shape index (κ1) is 22.8. The molecule has 3 aromatic carbocycles. The number of sulfonamides is 1. The second-order valence-corrected chi connectivity index (χ2v) is 9.25. The Morgan fingerprint density at radius 3 is 2.35 bits per heavy atom. The molecule has 0 saturated carbocycles. The van der Waals surface area contributed by atoms with Gasteiger partial charge in [0.15, 0.2) is 0 Å². The zero-order valence-electron chi connectivity index (χ0n) is 16.5. The Bertz CT molecular complexity index is 1200. The third-order valence-corrected chi connectivity index (χ3v) is 6.88. The van der Waals surface area contributed by atoms with Crippen LogP contribution in [0.2, 0.25) is 10.0 Å². The third-order valence-electron chi connectivity index (χ3n) is 4.30. The minimum atomic E-state index is -4.09. The summed E-state index contributed by atoms with van der Waals surface area (Å²) in [4.78, 5) is 12.6. The fraction of sp³-hybridized carbons (Fsp3) is 0.0909. The number of carbonyl (C=O) groups excluding carboxylic acids is 1. The van der Waals surface area contributed by atoms with Crippen molar-refractivity contribution in [2.45, 2.75) is 11.8 Å². The number of amides is 1. The minimum absolute atomic E-state index is 0.0157. The van der Waals surface area contributed by atoms with Gasteiger partial charge in [0.25, 0.3) is 15.9 Å². The van der Waals surface area contributed by atoms with E-state index in [9.17, 15) is 13.2 Å². The number of hydrogen-bond donors (Lipinski definition) is 1. The van der Waals surface area contributed by atoms with E-state index in [-0.39, 0.29) is 20.6 Å². The Morgan fingerprint density at radius 1 is 1.00 bits per heavy atom. The standard InChI is InChI=1S/C22H19Cl2N3O3S/c1-16-10-12-17(13-11-16)14-25-26-21(28)15-27(20-9-5-8-19(23)22(20)24)31(29,30)18-6-3-2-4-7-18/h2-14H,15H2,1H3,(H,26,28)/b25-14-. The summed E-state index contributed by atoms with van der Waals surface area (Å²) in [5.41, 5.74) is 4.33. The van der Waals surface area contributed by atoms with Crippen LogP contribution in [0, 0.1) is 6.92 Å². The monoisotopic (exact) mass is 475 g/mol. The van der Waals surface area contributed by atoms with Gasteiger partial charge in [0, 0.05) is 0 Å². The molecule has 0 aliphatic heterocycles. The van der Waals surface area contributed by atoms with Crippen LogP contribution in [0.25, 0.3) is 0 Å². The fourth-order valence-electron chi connectivity index (χ4n) is 2.70. The second kappa shape index (κ2) is 9.96. The number of anilines is 1. The lowest BCUT2D eigenvalue weighted by molar-refractivity contribution is -0.119. The highest BCUT2D eigenvalue weighted by Gasteiger charge is 2.29. The van der Waals surface area contributed by atoms with Gasteiger partial charge in [0.2, 0.25) is 0 Å². The molecule has 0 atom stereocenters. The second-order valence-electron chi connectivity index (χ2n) is 6.60. The summed E-state index contributed by atoms with van der Waals surface area (Å²) in [6.45, 7) is 1.42. The van der Waals surface area contributed by atoms with Crippen molar-refractivity contribution in [2.24, 2.45) is 5.10 Å². The predicted octanol–water partition coefficient (Wildman–Crippen LogP) is 4.65. The minimum Gasteiger partial charge on any atom is -0.271 e. The molecular weight excluding hydrogens is 457 g/mol. The van der Waals surface area contributed by atoms with Gasteiger partial charge in [-0.3, -0.25) is 9.10 Å². The molecule has 0 heterocycles. The van der Waals surface area contributed by atoms with Crippen LogP contribution in [0.3, 0.4) is 0 Å². The molecule has 0 aliphatic rings. The van der Waals surface area contributed by atoms with Crippen LogP contribution in [0.5, 0.6) is 0 Å². The highest BCUT2D eigenvalue weighted by molar-refractivity contribution is 7.92. The van der Waals surface area contributed by atoms with E-state index in [1.54, 1.807) is 24.3 Å². The molecule has 31 heavy (non-hydrogen) atoms. The lowest BCUT2D eigenvalue weighted by atomic mass is 10.2. The van der Waals surface area contributed by atoms with Gasteiger partial charge in [-0.2, -0.15) is 5.10 Å². The molecule has 0 bridgehead atoms. The predicted molar refractivity (Wildman–Crippen MR) is 124 cm³/mol. The van der Waals surface area contributed by atoms with E-state index in [1.165, 1.54) is 30.5 Å². The van der Waals surface area contributed by atoms with Crippen LogP contribution in [0.15, 0.2) is 82.8 Å². The average molecular weight is 476 g/mol. The molecule has 3 rings (SSSR count). The number of nitrogens with one attached hydrogen (secondary N) is 1. The van der Waals surface area contributed by atoms with E-state index in [2.05, 4.69) is 10.5 Å². The summed E-state index contributed by atoms with van der Waals surface area (Å²) in [5, 5.41) is 4.11. The van der Waals surface area contributed by atoms with E-state index in [0.717, 1.165) is 15.4 Å². The van der Waals surface area contributed by atoms with Crippen LogP contribution in [-0.2, 0) is 14.8 Å². The first-order chi connectivity index (χ1) is 14.8. The van der Waals surface area contributed by atoms with Crippen LogP contribution in [-0.4, -0.2) is 27.1 Å². The van der Waals surface area contributed by atoms with E-state index in [4.69, 9.17) is 23.2 Å². The van der Waals surface area contributed by atoms with Crippen molar-refractivity contribution in [1.29, 1.82) is 0 Å². The maximum Gasteiger partial charge on any atom is 0.264 e. The maximum absolute atomic E-state index is 13.3. The van der Waals surface area contributed by atoms with Crippen LogP contribution in [0.1, 0.15) is 11.1 Å². The van der Waals surface area contributed by atoms with Crippen molar-refractivity contribution in [3.8, 4) is 0 Å². The van der Waals surface area contributed by atoms with Gasteiger partial charge < -0.3 is 0 Å². The molecule has 1 N–H and O–H groups in total. The highest BCUT2D eigenvalue weighted by Crippen LogP contribution is 2.35. The third kappa shape index (κ3) is 5.64. The molecule has 9 heteroatoms. The summed E-state index contributed by atoms with van der Waals surface area (Å²) >= 11 is 12.3. The van der Waals surface area contributed by atoms with Crippen molar-refractivity contribution >= 4 is 51.0 Å². The van der Waals surface area contributed by atoms with E-state index >= 15 is 0 Å². The van der Waals surface area contributed by atoms with Crippen molar-refractivity contribution in [1.82, 2.24) is 5.43 Å². The molecule has 6 nitrogen and oxygen atoms in total. The number of nitrogens with zero attached hydrogens (tertiary/aromatic N) is 2. The average Bonchev–Trinajstić information content (AvgIpc) is 2.76. The van der Waals surface area contributed by atoms with Gasteiger partial charge in [-0.25, -0.2) is 13.8 Å². The van der Waals surface area contributed by atoms with Crippen molar-refractivity contribution in [3.63, 3.8) is 0 Å². The Morgan fingerprint density at radius 2 is 1.68 bits per heavy atom. The Kier molecular flexibility index (Phi) is 7.33. The topological polar surface area (TPSA) is 78.8 Å². The highest BCUT2D eigenvalue weighted by atomic mass is 35.5. The SMILES string of the molecule is Cc1ccc(/C=N\NC(=O)CN(c2cccc(Cl)c2Cl)S(=O)(=O)c2ccccc2)cc1. The molecule has 0 saturated heterocycles. The molecule has 160 valence electrons. The number of rotatable bonds is 7. The largest absolute Gasteiger partial charge is 0.271 e.